The minimum atomic E-state index is -0.514. The van der Waals surface area contributed by atoms with Crippen molar-refractivity contribution < 1.29 is 9.52 Å². The normalized spacial score (nSPS) is 19.2. The van der Waals surface area contributed by atoms with Gasteiger partial charge >= 0.3 is 0 Å². The lowest BCUT2D eigenvalue weighted by Crippen LogP contribution is -2.59. The molecule has 3 rings (SSSR count). The third-order valence-corrected chi connectivity index (χ3v) is 3.70. The van der Waals surface area contributed by atoms with Crippen LogP contribution in [-0.2, 0) is 6.54 Å². The number of hydrogen-bond acceptors (Lipinski definition) is 5. The van der Waals surface area contributed by atoms with E-state index in [2.05, 4.69) is 9.88 Å². The molecule has 0 spiro atoms. The Bertz CT molecular complexity index is 496. The van der Waals surface area contributed by atoms with Crippen LogP contribution in [0, 0.1) is 0 Å². The smallest absolute Gasteiger partial charge is 0.162 e. The summed E-state index contributed by atoms with van der Waals surface area (Å²) in [6.07, 6.45) is 1.66. The molecule has 0 amide bonds. The van der Waals surface area contributed by atoms with Crippen molar-refractivity contribution in [3.05, 3.63) is 29.5 Å². The lowest BCUT2D eigenvalue weighted by Gasteiger charge is -2.43. The van der Waals surface area contributed by atoms with E-state index in [0.29, 0.717) is 0 Å². The zero-order valence-electron chi connectivity index (χ0n) is 9.59. The van der Waals surface area contributed by atoms with Crippen LogP contribution in [0.25, 0.3) is 10.8 Å². The molecular weight excluding hydrogens is 236 g/mol. The SMILES string of the molecule is CC1(O)CN(Cc2csc(-c3ccco3)n2)C1. The molecule has 0 aromatic carbocycles. The van der Waals surface area contributed by atoms with Crippen LogP contribution >= 0.6 is 11.3 Å². The first-order valence-corrected chi connectivity index (χ1v) is 6.43. The third kappa shape index (κ3) is 2.26. The fourth-order valence-corrected chi connectivity index (χ4v) is 2.93. The van der Waals surface area contributed by atoms with Gasteiger partial charge < -0.3 is 9.52 Å². The van der Waals surface area contributed by atoms with Crippen LogP contribution in [0.15, 0.2) is 28.2 Å². The molecule has 0 bridgehead atoms. The van der Waals surface area contributed by atoms with Gasteiger partial charge in [-0.15, -0.1) is 11.3 Å². The van der Waals surface area contributed by atoms with Gasteiger partial charge in [-0.2, -0.15) is 0 Å². The molecule has 5 heteroatoms. The number of β-amino-alcohol motifs (C(OH)–C–C–N with tert-alkyl or cyclic N) is 1. The minimum Gasteiger partial charge on any atom is -0.462 e. The molecule has 1 fully saturated rings. The maximum Gasteiger partial charge on any atom is 0.162 e. The second-order valence-electron chi connectivity index (χ2n) is 4.76. The Labute approximate surface area is 104 Å². The number of likely N-dealkylation sites (tertiary alicyclic amines) is 1. The molecule has 2 aromatic rings. The maximum atomic E-state index is 9.64. The van der Waals surface area contributed by atoms with Gasteiger partial charge in [-0.1, -0.05) is 0 Å². The van der Waals surface area contributed by atoms with Crippen molar-refractivity contribution >= 4 is 11.3 Å². The van der Waals surface area contributed by atoms with Crippen LogP contribution in [0.1, 0.15) is 12.6 Å². The molecule has 0 aliphatic carbocycles. The van der Waals surface area contributed by atoms with Gasteiger partial charge in [0.25, 0.3) is 0 Å². The quantitative estimate of drug-likeness (QED) is 0.904. The van der Waals surface area contributed by atoms with E-state index in [-0.39, 0.29) is 0 Å². The summed E-state index contributed by atoms with van der Waals surface area (Å²) in [6, 6.07) is 3.78. The predicted octanol–water partition coefficient (Wildman–Crippen LogP) is 1.97. The largest absolute Gasteiger partial charge is 0.462 e. The highest BCUT2D eigenvalue weighted by Crippen LogP contribution is 2.26. The van der Waals surface area contributed by atoms with Crippen molar-refractivity contribution in [2.75, 3.05) is 13.1 Å². The van der Waals surface area contributed by atoms with Crippen molar-refractivity contribution in [2.45, 2.75) is 19.1 Å². The lowest BCUT2D eigenvalue weighted by atomic mass is 9.97. The summed E-state index contributed by atoms with van der Waals surface area (Å²) in [6.45, 7) is 4.10. The first kappa shape index (κ1) is 11.0. The van der Waals surface area contributed by atoms with Gasteiger partial charge in [0.2, 0.25) is 0 Å². The molecule has 0 saturated carbocycles. The van der Waals surface area contributed by atoms with Crippen LogP contribution in [0.5, 0.6) is 0 Å². The van der Waals surface area contributed by atoms with Gasteiger partial charge in [-0.3, -0.25) is 4.90 Å². The highest BCUT2D eigenvalue weighted by atomic mass is 32.1. The predicted molar refractivity (Wildman–Crippen MR) is 65.7 cm³/mol. The van der Waals surface area contributed by atoms with E-state index in [1.807, 2.05) is 24.4 Å². The van der Waals surface area contributed by atoms with E-state index in [1.54, 1.807) is 17.6 Å². The molecule has 1 saturated heterocycles. The van der Waals surface area contributed by atoms with Crippen LogP contribution in [0.3, 0.4) is 0 Å². The topological polar surface area (TPSA) is 49.5 Å². The molecule has 1 N–H and O–H groups in total. The Morgan fingerprint density at radius 1 is 1.59 bits per heavy atom. The fourth-order valence-electron chi connectivity index (χ4n) is 2.15. The highest BCUT2D eigenvalue weighted by Gasteiger charge is 2.36. The number of aliphatic hydroxyl groups is 1. The summed E-state index contributed by atoms with van der Waals surface area (Å²) in [5.41, 5.74) is 0.525. The molecule has 1 aliphatic heterocycles. The second-order valence-corrected chi connectivity index (χ2v) is 5.62. The first-order chi connectivity index (χ1) is 8.12. The molecule has 4 nitrogen and oxygen atoms in total. The van der Waals surface area contributed by atoms with Crippen molar-refractivity contribution in [3.63, 3.8) is 0 Å². The summed E-state index contributed by atoms with van der Waals surface area (Å²) in [5, 5.41) is 12.6. The monoisotopic (exact) mass is 250 g/mol. The standard InChI is InChI=1S/C12H14N2O2S/c1-12(15)7-14(8-12)5-9-6-17-11(13-9)10-3-2-4-16-10/h2-4,6,15H,5,7-8H2,1H3. The Morgan fingerprint density at radius 2 is 2.41 bits per heavy atom. The molecule has 0 radical (unpaired) electrons. The van der Waals surface area contributed by atoms with Gasteiger partial charge in [0.05, 0.1) is 17.6 Å². The molecule has 90 valence electrons. The van der Waals surface area contributed by atoms with Crippen LogP contribution < -0.4 is 0 Å². The van der Waals surface area contributed by atoms with Crippen molar-refractivity contribution in [3.8, 4) is 10.8 Å². The molecule has 2 aromatic heterocycles. The van der Waals surface area contributed by atoms with E-state index < -0.39 is 5.60 Å². The zero-order chi connectivity index (χ0) is 11.9. The van der Waals surface area contributed by atoms with Gasteiger partial charge in [0, 0.05) is 25.0 Å². The molecule has 0 atom stereocenters. The van der Waals surface area contributed by atoms with Crippen LogP contribution in [0.4, 0.5) is 0 Å². The summed E-state index contributed by atoms with van der Waals surface area (Å²) in [4.78, 5) is 6.71. The second kappa shape index (κ2) is 3.94. The third-order valence-electron chi connectivity index (χ3n) is 2.80. The van der Waals surface area contributed by atoms with E-state index in [4.69, 9.17) is 4.42 Å². The zero-order valence-corrected chi connectivity index (χ0v) is 10.4. The Kier molecular flexibility index (Phi) is 2.54. The molecular formula is C12H14N2O2S. The van der Waals surface area contributed by atoms with Crippen molar-refractivity contribution in [1.29, 1.82) is 0 Å². The Hall–Kier alpha value is -1.17. The Morgan fingerprint density at radius 3 is 3.06 bits per heavy atom. The number of rotatable bonds is 3. The molecule has 3 heterocycles. The van der Waals surface area contributed by atoms with E-state index in [1.165, 1.54) is 0 Å². The van der Waals surface area contributed by atoms with Crippen LogP contribution in [0.2, 0.25) is 0 Å². The molecule has 17 heavy (non-hydrogen) atoms. The van der Waals surface area contributed by atoms with Gasteiger partial charge in [0.1, 0.15) is 0 Å². The highest BCUT2D eigenvalue weighted by molar-refractivity contribution is 7.13. The van der Waals surface area contributed by atoms with Gasteiger partial charge in [-0.25, -0.2) is 4.98 Å². The van der Waals surface area contributed by atoms with Crippen molar-refractivity contribution in [1.82, 2.24) is 9.88 Å². The summed E-state index contributed by atoms with van der Waals surface area (Å²) in [7, 11) is 0. The number of aromatic nitrogens is 1. The average Bonchev–Trinajstić information content (AvgIpc) is 2.82. The lowest BCUT2D eigenvalue weighted by molar-refractivity contribution is -0.0874. The summed E-state index contributed by atoms with van der Waals surface area (Å²) >= 11 is 1.59. The fraction of sp³-hybridized carbons (Fsp3) is 0.417. The number of hydrogen-bond donors (Lipinski definition) is 1. The van der Waals surface area contributed by atoms with Crippen LogP contribution in [-0.4, -0.2) is 33.7 Å². The number of thiazole rings is 1. The first-order valence-electron chi connectivity index (χ1n) is 5.55. The number of nitrogens with zero attached hydrogens (tertiary/aromatic N) is 2. The molecule has 1 aliphatic rings. The van der Waals surface area contributed by atoms with Gasteiger partial charge in [0.15, 0.2) is 10.8 Å². The summed E-state index contributed by atoms with van der Waals surface area (Å²) in [5.74, 6) is 0.817. The molecule has 0 unspecified atom stereocenters. The maximum absolute atomic E-state index is 9.64. The Balaban J connectivity index is 1.66. The minimum absolute atomic E-state index is 0.514. The van der Waals surface area contributed by atoms with Crippen molar-refractivity contribution in [2.24, 2.45) is 0 Å². The summed E-state index contributed by atoms with van der Waals surface area (Å²) < 4.78 is 5.31. The van der Waals surface area contributed by atoms with E-state index >= 15 is 0 Å². The van der Waals surface area contributed by atoms with E-state index in [0.717, 1.165) is 36.1 Å². The van der Waals surface area contributed by atoms with Gasteiger partial charge in [-0.05, 0) is 19.1 Å². The number of furan rings is 1. The average molecular weight is 250 g/mol. The van der Waals surface area contributed by atoms with E-state index in [9.17, 15) is 5.11 Å².